The van der Waals surface area contributed by atoms with E-state index in [1.165, 1.54) is 12.1 Å². The molecule has 0 amide bonds. The molecule has 2 aliphatic heterocycles. The Labute approximate surface area is 371 Å². The Bertz CT molecular complexity index is 2960. The number of ether oxygens (including phenoxy) is 1. The molecule has 0 aliphatic carbocycles. The molecule has 10 nitrogen and oxygen atoms in total. The van der Waals surface area contributed by atoms with E-state index >= 15 is 0 Å². The quantitative estimate of drug-likeness (QED) is 0.0307. The Morgan fingerprint density at radius 2 is 1.54 bits per heavy atom. The summed E-state index contributed by atoms with van der Waals surface area (Å²) in [5, 5.41) is 2.91. The zero-order valence-corrected chi connectivity index (χ0v) is 38.5. The molecular weight excluding hydrogens is 833 g/mol. The lowest BCUT2D eigenvalue weighted by Crippen LogP contribution is -2.28. The molecule has 0 radical (unpaired) electrons. The van der Waals surface area contributed by atoms with Gasteiger partial charge >= 0.3 is 0 Å². The van der Waals surface area contributed by atoms with Gasteiger partial charge in [0.25, 0.3) is 26.7 Å². The van der Waals surface area contributed by atoms with Gasteiger partial charge in [0, 0.05) is 52.9 Å². The van der Waals surface area contributed by atoms with Gasteiger partial charge in [-0.15, -0.1) is 0 Å². The predicted molar refractivity (Wildman–Crippen MR) is 253 cm³/mol. The minimum absolute atomic E-state index is 0.115. The Morgan fingerprint density at radius 3 is 2.25 bits per heavy atom. The number of benzene rings is 5. The van der Waals surface area contributed by atoms with Crippen LogP contribution >= 0.6 is 0 Å². The summed E-state index contributed by atoms with van der Waals surface area (Å²) < 4.78 is 77.1. The van der Waals surface area contributed by atoms with E-state index in [-0.39, 0.29) is 9.79 Å². The Hall–Kier alpha value is -5.40. The number of carbonyl (C=O) groups excluding carboxylic acids is 1. The van der Waals surface area contributed by atoms with Gasteiger partial charge in [-0.3, -0.25) is 13.9 Å². The van der Waals surface area contributed by atoms with Crippen molar-refractivity contribution in [3.63, 3.8) is 0 Å². The van der Waals surface area contributed by atoms with E-state index in [1.807, 2.05) is 18.2 Å². The summed E-state index contributed by atoms with van der Waals surface area (Å²) in [6.45, 7) is 15.3. The molecule has 2 aliphatic rings. The summed E-state index contributed by atoms with van der Waals surface area (Å²) in [7, 11) is -8.89. The van der Waals surface area contributed by atoms with Crippen LogP contribution in [0.3, 0.4) is 0 Å². The average Bonchev–Trinajstić information content (AvgIpc) is 3.59. The summed E-state index contributed by atoms with van der Waals surface area (Å²) in [5.41, 5.74) is 8.12. The number of anilines is 1. The molecule has 330 valence electrons. The van der Waals surface area contributed by atoms with Crippen molar-refractivity contribution in [2.75, 3.05) is 24.6 Å². The highest BCUT2D eigenvalue weighted by molar-refractivity contribution is 7.86. The molecule has 0 atom stereocenters. The van der Waals surface area contributed by atoms with Crippen LogP contribution in [0, 0.1) is 0 Å². The summed E-state index contributed by atoms with van der Waals surface area (Å²) in [4.78, 5) is 12.8. The van der Waals surface area contributed by atoms with Crippen molar-refractivity contribution >= 4 is 70.9 Å². The number of unbranched alkanes of at least 4 members (excludes halogenated alkanes) is 2. The first-order valence-corrected chi connectivity index (χ1v) is 24.6. The van der Waals surface area contributed by atoms with Crippen molar-refractivity contribution in [2.24, 2.45) is 0 Å². The standard InChI is InChI=1S/C51H56N2O8S2/c1-7-9-30-53-43-25-20-37-19-23-39(62(55,56)57)33-42(37)49(43)51(5,6)47(53)28-22-36(38-16-12-15-35(32-38)14-10-11-31-61-34-54)21-27-46-50(3,4)48-41-17-13-18-45(63(58,59)60)40(41)24-26-44(48)52(46)29-8-2/h12-13,15-28,32-34H,7-11,14,29-31H2,1-6H3,(H-,55,56,57,58,59,60)/p+1. The molecule has 0 spiro atoms. The summed E-state index contributed by atoms with van der Waals surface area (Å²) in [5.74, 6) is 0. The topological polar surface area (TPSA) is 141 Å². The fourth-order valence-electron chi connectivity index (χ4n) is 9.62. The van der Waals surface area contributed by atoms with E-state index < -0.39 is 31.1 Å². The highest BCUT2D eigenvalue weighted by Crippen LogP contribution is 2.52. The fourth-order valence-corrected chi connectivity index (χ4v) is 10.8. The Kier molecular flexibility index (Phi) is 13.0. The molecule has 7 rings (SSSR count). The van der Waals surface area contributed by atoms with E-state index in [0.717, 1.165) is 118 Å². The third-order valence-corrected chi connectivity index (χ3v) is 14.3. The minimum atomic E-state index is -4.46. The van der Waals surface area contributed by atoms with E-state index in [4.69, 9.17) is 4.74 Å². The number of allylic oxidation sites excluding steroid dienone is 6. The normalized spacial score (nSPS) is 16.7. The van der Waals surface area contributed by atoms with Crippen LogP contribution in [0.2, 0.25) is 0 Å². The molecule has 0 aromatic heterocycles. The van der Waals surface area contributed by atoms with Gasteiger partial charge in [-0.25, -0.2) is 0 Å². The number of hydrogen-bond acceptors (Lipinski definition) is 7. The summed E-state index contributed by atoms with van der Waals surface area (Å²) in [6.07, 6.45) is 13.9. The molecule has 63 heavy (non-hydrogen) atoms. The molecular formula is C51H57N2O8S2+. The third-order valence-electron chi connectivity index (χ3n) is 12.6. The summed E-state index contributed by atoms with van der Waals surface area (Å²) in [6, 6.07) is 26.2. The van der Waals surface area contributed by atoms with Crippen LogP contribution in [-0.2, 0) is 47.0 Å². The molecule has 12 heteroatoms. The van der Waals surface area contributed by atoms with Gasteiger partial charge in [0.2, 0.25) is 5.69 Å². The largest absolute Gasteiger partial charge is 0.468 e. The second-order valence-electron chi connectivity index (χ2n) is 17.5. The zero-order valence-electron chi connectivity index (χ0n) is 36.9. The highest BCUT2D eigenvalue weighted by atomic mass is 32.2. The van der Waals surface area contributed by atoms with Gasteiger partial charge in [0.15, 0.2) is 5.71 Å². The lowest BCUT2D eigenvalue weighted by molar-refractivity contribution is -0.438. The van der Waals surface area contributed by atoms with Crippen LogP contribution in [0.5, 0.6) is 0 Å². The van der Waals surface area contributed by atoms with Crippen LogP contribution in [-0.4, -0.2) is 62.4 Å². The van der Waals surface area contributed by atoms with Gasteiger partial charge in [0.1, 0.15) is 11.4 Å². The maximum absolute atomic E-state index is 12.5. The van der Waals surface area contributed by atoms with Crippen molar-refractivity contribution in [2.45, 2.75) is 101 Å². The van der Waals surface area contributed by atoms with Crippen molar-refractivity contribution in [1.29, 1.82) is 0 Å². The monoisotopic (exact) mass is 889 g/mol. The van der Waals surface area contributed by atoms with E-state index in [1.54, 1.807) is 24.3 Å². The smallest absolute Gasteiger partial charge is 0.295 e. The molecule has 5 aromatic carbocycles. The lowest BCUT2D eigenvalue weighted by atomic mass is 9.79. The second-order valence-corrected chi connectivity index (χ2v) is 20.3. The molecule has 0 bridgehead atoms. The molecule has 0 saturated carbocycles. The number of nitrogens with zero attached hydrogens (tertiary/aromatic N) is 2. The summed E-state index contributed by atoms with van der Waals surface area (Å²) >= 11 is 0. The second kappa shape index (κ2) is 18.0. The first-order chi connectivity index (χ1) is 29.9. The van der Waals surface area contributed by atoms with Gasteiger partial charge in [0.05, 0.1) is 16.9 Å². The number of aryl methyl sites for hydroxylation is 1. The molecule has 2 heterocycles. The molecule has 2 N–H and O–H groups in total. The maximum Gasteiger partial charge on any atom is 0.295 e. The molecule has 0 fully saturated rings. The first kappa shape index (κ1) is 45.6. The number of carbonyl (C=O) groups is 1. The van der Waals surface area contributed by atoms with Gasteiger partial charge in [-0.05, 0) is 120 Å². The van der Waals surface area contributed by atoms with Crippen molar-refractivity contribution in [3.8, 4) is 0 Å². The average molecular weight is 890 g/mol. The number of fused-ring (bicyclic) bond motifs is 6. The third kappa shape index (κ3) is 8.91. The van der Waals surface area contributed by atoms with Crippen LogP contribution in [0.4, 0.5) is 11.4 Å². The predicted octanol–water partition coefficient (Wildman–Crippen LogP) is 10.9. The van der Waals surface area contributed by atoms with Gasteiger partial charge in [-0.1, -0.05) is 88.7 Å². The Balaban J connectivity index is 1.39. The Morgan fingerprint density at radius 1 is 0.778 bits per heavy atom. The van der Waals surface area contributed by atoms with E-state index in [0.29, 0.717) is 18.5 Å². The van der Waals surface area contributed by atoms with Crippen molar-refractivity contribution in [1.82, 2.24) is 0 Å². The van der Waals surface area contributed by atoms with E-state index in [2.05, 4.69) is 106 Å². The molecule has 0 saturated heterocycles. The maximum atomic E-state index is 12.5. The fraction of sp³-hybridized carbons (Fsp3) is 0.333. The van der Waals surface area contributed by atoms with Crippen LogP contribution in [0.15, 0.2) is 125 Å². The number of rotatable bonds is 17. The van der Waals surface area contributed by atoms with Gasteiger partial charge < -0.3 is 9.64 Å². The zero-order chi connectivity index (χ0) is 45.3. The minimum Gasteiger partial charge on any atom is -0.468 e. The van der Waals surface area contributed by atoms with Crippen LogP contribution in [0.1, 0.15) is 95.9 Å². The first-order valence-electron chi connectivity index (χ1n) is 21.7. The lowest BCUT2D eigenvalue weighted by Gasteiger charge is -2.27. The molecule has 0 unspecified atom stereocenters. The van der Waals surface area contributed by atoms with E-state index in [9.17, 15) is 30.7 Å². The SMILES string of the molecule is CCCC[N+]1=C(/C=C/C(=C/C=C2/N(CCC)c3ccc4c(S(=O)(=O)O)cccc4c3C2(C)C)c2cccc(CCCCOC=O)c2)C(C)(C)c2c1ccc1ccc(S(=O)(=O)O)cc21. The van der Waals surface area contributed by atoms with Crippen molar-refractivity contribution in [3.05, 3.63) is 137 Å². The van der Waals surface area contributed by atoms with Crippen LogP contribution < -0.4 is 4.90 Å². The van der Waals surface area contributed by atoms with Crippen LogP contribution in [0.25, 0.3) is 27.1 Å². The number of hydrogen-bond donors (Lipinski definition) is 2. The highest BCUT2D eigenvalue weighted by Gasteiger charge is 2.46. The van der Waals surface area contributed by atoms with Crippen molar-refractivity contribution < 1.29 is 40.0 Å². The van der Waals surface area contributed by atoms with Gasteiger partial charge in [-0.2, -0.15) is 21.4 Å². The molecule has 5 aromatic rings.